The first-order valence-electron chi connectivity index (χ1n) is 10.8. The van der Waals surface area contributed by atoms with Crippen molar-refractivity contribution in [2.75, 3.05) is 0 Å². The second-order valence-corrected chi connectivity index (χ2v) is 8.40. The molecule has 5 nitrogen and oxygen atoms in total. The van der Waals surface area contributed by atoms with E-state index in [-0.39, 0.29) is 11.4 Å². The van der Waals surface area contributed by atoms with Crippen molar-refractivity contribution in [3.8, 4) is 11.5 Å². The van der Waals surface area contributed by atoms with Crippen molar-refractivity contribution in [1.29, 1.82) is 0 Å². The number of hydrogen-bond donors (Lipinski definition) is 1. The van der Waals surface area contributed by atoms with Crippen molar-refractivity contribution in [2.24, 2.45) is 11.7 Å². The number of fused-ring (bicyclic) bond motifs is 1. The van der Waals surface area contributed by atoms with Gasteiger partial charge in [0.15, 0.2) is 0 Å². The fraction of sp³-hybridized carbons (Fsp3) is 0.231. The zero-order valence-electron chi connectivity index (χ0n) is 19.4. The molecule has 0 saturated heterocycles. The van der Waals surface area contributed by atoms with Crippen LogP contribution in [0.3, 0.4) is 0 Å². The lowest BCUT2D eigenvalue weighted by molar-refractivity contribution is -0.137. The van der Waals surface area contributed by atoms with Crippen molar-refractivity contribution in [3.05, 3.63) is 89.4 Å². The monoisotopic (exact) mass is 487 g/mol. The highest BCUT2D eigenvalue weighted by atomic mass is 19.4. The summed E-state index contributed by atoms with van der Waals surface area (Å²) in [5, 5.41) is 5.46. The lowest BCUT2D eigenvalue weighted by atomic mass is 10.1. The number of amides is 1. The summed E-state index contributed by atoms with van der Waals surface area (Å²) in [6.45, 7) is 7.06. The van der Waals surface area contributed by atoms with Crippen LogP contribution in [0, 0.1) is 18.7 Å². The maximum Gasteiger partial charge on any atom is 0.416 e. The van der Waals surface area contributed by atoms with Gasteiger partial charge in [-0.05, 0) is 73.0 Å². The summed E-state index contributed by atoms with van der Waals surface area (Å²) in [5.41, 5.74) is 5.67. The Bertz CT molecular complexity index is 1330. The predicted molar refractivity (Wildman–Crippen MR) is 126 cm³/mol. The highest BCUT2D eigenvalue weighted by molar-refractivity contribution is 5.92. The average molecular weight is 487 g/mol. The lowest BCUT2D eigenvalue weighted by Crippen LogP contribution is -2.13. The van der Waals surface area contributed by atoms with Gasteiger partial charge in [0.05, 0.1) is 17.3 Å². The number of halogens is 4. The van der Waals surface area contributed by atoms with Crippen LogP contribution >= 0.6 is 0 Å². The second-order valence-electron chi connectivity index (χ2n) is 8.40. The van der Waals surface area contributed by atoms with Gasteiger partial charge in [-0.3, -0.25) is 9.48 Å². The van der Waals surface area contributed by atoms with Crippen molar-refractivity contribution in [1.82, 2.24) is 9.78 Å². The molecule has 4 aromatic rings. The summed E-state index contributed by atoms with van der Waals surface area (Å²) in [5.74, 6) is 0.809. The van der Waals surface area contributed by atoms with E-state index in [0.29, 0.717) is 11.7 Å². The maximum atomic E-state index is 13.1. The van der Waals surface area contributed by atoms with Gasteiger partial charge in [-0.25, -0.2) is 4.39 Å². The lowest BCUT2D eigenvalue weighted by Gasteiger charge is -2.10. The summed E-state index contributed by atoms with van der Waals surface area (Å²) >= 11 is 0. The van der Waals surface area contributed by atoms with E-state index in [1.807, 2.05) is 36.0 Å². The van der Waals surface area contributed by atoms with E-state index < -0.39 is 17.6 Å². The van der Waals surface area contributed by atoms with E-state index in [0.717, 1.165) is 47.0 Å². The number of aryl methyl sites for hydroxylation is 1. The molecular formula is C26H25F4N3O2. The van der Waals surface area contributed by atoms with Gasteiger partial charge >= 0.3 is 6.18 Å². The van der Waals surface area contributed by atoms with Crippen LogP contribution < -0.4 is 10.5 Å². The predicted octanol–water partition coefficient (Wildman–Crippen LogP) is 6.74. The van der Waals surface area contributed by atoms with Gasteiger partial charge in [0, 0.05) is 17.5 Å². The summed E-state index contributed by atoms with van der Waals surface area (Å²) in [7, 11) is 0. The minimum atomic E-state index is -4.44. The molecule has 0 aliphatic rings. The van der Waals surface area contributed by atoms with Gasteiger partial charge in [0.25, 0.3) is 0 Å². The molecule has 0 saturated carbocycles. The van der Waals surface area contributed by atoms with Gasteiger partial charge in [-0.15, -0.1) is 0 Å². The number of rotatable bonds is 5. The first-order chi connectivity index (χ1) is 16.4. The Morgan fingerprint density at radius 3 is 2.46 bits per heavy atom. The number of nitrogens with zero attached hydrogens (tertiary/aromatic N) is 2. The Kier molecular flexibility index (Phi) is 7.78. The summed E-state index contributed by atoms with van der Waals surface area (Å²) in [6, 6.07) is 14.4. The number of benzene rings is 3. The Labute approximate surface area is 200 Å². The van der Waals surface area contributed by atoms with Crippen LogP contribution in [-0.2, 0) is 12.7 Å². The number of aromatic nitrogens is 2. The molecule has 0 aliphatic carbocycles. The number of nitrogens with two attached hydrogens (primary N) is 1. The molecule has 0 radical (unpaired) electrons. The minimum absolute atomic E-state index is 0.144. The summed E-state index contributed by atoms with van der Waals surface area (Å²) < 4.78 is 57.2. The Morgan fingerprint density at radius 1 is 1.09 bits per heavy atom. The number of carbonyl (C=O) groups excluding carboxylic acids is 1. The van der Waals surface area contributed by atoms with Crippen molar-refractivity contribution in [2.45, 2.75) is 33.5 Å². The highest BCUT2D eigenvalue weighted by Crippen LogP contribution is 2.30. The molecule has 1 amide bonds. The number of alkyl halides is 3. The molecule has 0 unspecified atom stereocenters. The Balaban J connectivity index is 0.000000225. The summed E-state index contributed by atoms with van der Waals surface area (Å²) in [6.07, 6.45) is -2.59. The van der Waals surface area contributed by atoms with Crippen molar-refractivity contribution in [3.63, 3.8) is 0 Å². The second kappa shape index (κ2) is 10.6. The number of primary amides is 1. The molecular weight excluding hydrogens is 462 g/mol. The van der Waals surface area contributed by atoms with Crippen LogP contribution in [0.25, 0.3) is 10.9 Å². The first kappa shape index (κ1) is 25.7. The van der Waals surface area contributed by atoms with Gasteiger partial charge < -0.3 is 10.5 Å². The normalized spacial score (nSPS) is 11.3. The van der Waals surface area contributed by atoms with E-state index in [9.17, 15) is 22.4 Å². The van der Waals surface area contributed by atoms with Crippen molar-refractivity contribution >= 4 is 16.8 Å². The Morgan fingerprint density at radius 2 is 1.83 bits per heavy atom. The van der Waals surface area contributed by atoms with E-state index in [1.54, 1.807) is 6.07 Å². The Hall–Kier alpha value is -3.88. The SMILES string of the molecule is Cc1cc(F)ccc1Oc1ccc2c(cnn2CC(C)C)c1.NC(=O)c1cccc(C(F)(F)F)c1. The highest BCUT2D eigenvalue weighted by Gasteiger charge is 2.30. The van der Waals surface area contributed by atoms with Crippen molar-refractivity contribution < 1.29 is 27.1 Å². The smallest absolute Gasteiger partial charge is 0.416 e. The molecule has 0 atom stereocenters. The van der Waals surface area contributed by atoms with Gasteiger partial charge in [0.2, 0.25) is 5.91 Å². The van der Waals surface area contributed by atoms with Gasteiger partial charge in [0.1, 0.15) is 17.3 Å². The molecule has 0 aliphatic heterocycles. The quantitative estimate of drug-likeness (QED) is 0.317. The van der Waals surface area contributed by atoms with E-state index >= 15 is 0 Å². The van der Waals surface area contributed by atoms with Gasteiger partial charge in [-0.2, -0.15) is 18.3 Å². The average Bonchev–Trinajstić information content (AvgIpc) is 3.17. The van der Waals surface area contributed by atoms with E-state index in [2.05, 4.69) is 18.9 Å². The standard InChI is InChI=1S/C18H19FN2O.C8H6F3NO/c1-12(2)11-21-17-6-5-16(9-14(17)10-20-21)22-18-7-4-15(19)8-13(18)3;9-8(10,11)6-3-1-2-5(4-6)7(12)13/h4-10,12H,11H2,1-3H3;1-4H,(H2,12,13). The molecule has 9 heteroatoms. The number of ether oxygens (including phenoxy) is 1. The van der Waals surface area contributed by atoms with Crippen LogP contribution in [0.4, 0.5) is 17.6 Å². The number of carbonyl (C=O) groups is 1. The topological polar surface area (TPSA) is 70.1 Å². The van der Waals surface area contributed by atoms with Crippen LogP contribution in [0.2, 0.25) is 0 Å². The van der Waals surface area contributed by atoms with Crippen LogP contribution in [-0.4, -0.2) is 15.7 Å². The molecule has 4 rings (SSSR count). The molecule has 0 bridgehead atoms. The molecule has 0 fully saturated rings. The molecule has 1 heterocycles. The minimum Gasteiger partial charge on any atom is -0.457 e. The fourth-order valence-electron chi connectivity index (χ4n) is 3.32. The third-order valence-electron chi connectivity index (χ3n) is 4.99. The first-order valence-corrected chi connectivity index (χ1v) is 10.8. The van der Waals surface area contributed by atoms with E-state index in [4.69, 9.17) is 10.5 Å². The molecule has 2 N–H and O–H groups in total. The zero-order valence-corrected chi connectivity index (χ0v) is 19.4. The fourth-order valence-corrected chi connectivity index (χ4v) is 3.32. The molecule has 3 aromatic carbocycles. The van der Waals surface area contributed by atoms with Crippen LogP contribution in [0.15, 0.2) is 66.9 Å². The van der Waals surface area contributed by atoms with Gasteiger partial charge in [-0.1, -0.05) is 19.9 Å². The summed E-state index contributed by atoms with van der Waals surface area (Å²) in [4.78, 5) is 10.5. The van der Waals surface area contributed by atoms with Crippen LogP contribution in [0.1, 0.15) is 35.3 Å². The third kappa shape index (κ3) is 6.81. The van der Waals surface area contributed by atoms with E-state index in [1.165, 1.54) is 18.2 Å². The molecule has 0 spiro atoms. The zero-order chi connectivity index (χ0) is 25.8. The third-order valence-corrected chi connectivity index (χ3v) is 4.99. The van der Waals surface area contributed by atoms with Crippen LogP contribution in [0.5, 0.6) is 11.5 Å². The largest absolute Gasteiger partial charge is 0.457 e. The maximum absolute atomic E-state index is 13.1. The molecule has 184 valence electrons. The molecule has 35 heavy (non-hydrogen) atoms. The number of hydrogen-bond acceptors (Lipinski definition) is 3. The molecule has 1 aromatic heterocycles.